The molecule has 0 N–H and O–H groups in total. The van der Waals surface area contributed by atoms with Crippen LogP contribution in [0.2, 0.25) is 0 Å². The van der Waals surface area contributed by atoms with E-state index in [1.54, 1.807) is 0 Å². The Morgan fingerprint density at radius 2 is 1.27 bits per heavy atom. The highest BCUT2D eigenvalue weighted by Crippen LogP contribution is 1.88. The third-order valence-electron chi connectivity index (χ3n) is 1.96. The van der Waals surface area contributed by atoms with E-state index in [-0.39, 0.29) is 0 Å². The van der Waals surface area contributed by atoms with Crippen LogP contribution in [-0.4, -0.2) is 50.1 Å². The van der Waals surface area contributed by atoms with Crippen LogP contribution in [0.15, 0.2) is 0 Å². The molecule has 2 nitrogen and oxygen atoms in total. The second-order valence-electron chi connectivity index (χ2n) is 3.00. The van der Waals surface area contributed by atoms with Gasteiger partial charge < -0.3 is 9.80 Å². The number of rotatable bonds is 6. The maximum absolute atomic E-state index is 2.31. The molecular formula is C9H21N2. The fourth-order valence-corrected chi connectivity index (χ4v) is 0.757. The van der Waals surface area contributed by atoms with E-state index in [0.717, 1.165) is 26.2 Å². The molecule has 0 heterocycles. The average molecular weight is 157 g/mol. The van der Waals surface area contributed by atoms with Crippen LogP contribution < -0.4 is 0 Å². The molecule has 0 rings (SSSR count). The molecule has 0 aliphatic rings. The molecule has 0 aromatic rings. The first-order valence-electron chi connectivity index (χ1n) is 4.39. The van der Waals surface area contributed by atoms with E-state index >= 15 is 0 Å². The van der Waals surface area contributed by atoms with Crippen molar-refractivity contribution in [2.75, 3.05) is 40.3 Å². The van der Waals surface area contributed by atoms with Crippen LogP contribution in [0.25, 0.3) is 0 Å². The van der Waals surface area contributed by atoms with Crippen LogP contribution in [0.4, 0.5) is 0 Å². The quantitative estimate of drug-likeness (QED) is 0.569. The molecule has 67 valence electrons. The van der Waals surface area contributed by atoms with Gasteiger partial charge in [-0.25, -0.2) is 0 Å². The SMILES string of the molecule is CCN(C)C[CH]CN(C)CC. The molecular weight excluding hydrogens is 136 g/mol. The van der Waals surface area contributed by atoms with Gasteiger partial charge in [-0.2, -0.15) is 0 Å². The molecule has 0 unspecified atom stereocenters. The highest BCUT2D eigenvalue weighted by Gasteiger charge is 1.96. The fourth-order valence-electron chi connectivity index (χ4n) is 0.757. The Bertz CT molecular complexity index is 73.6. The van der Waals surface area contributed by atoms with Crippen molar-refractivity contribution in [1.82, 2.24) is 9.80 Å². The van der Waals surface area contributed by atoms with Crippen LogP contribution in [0.1, 0.15) is 13.8 Å². The maximum Gasteiger partial charge on any atom is 0.00223 e. The molecule has 0 spiro atoms. The molecule has 1 radical (unpaired) electrons. The summed E-state index contributed by atoms with van der Waals surface area (Å²) in [6.07, 6.45) is 2.31. The zero-order valence-electron chi connectivity index (χ0n) is 8.30. The van der Waals surface area contributed by atoms with Gasteiger partial charge in [-0.1, -0.05) is 13.8 Å². The van der Waals surface area contributed by atoms with Crippen LogP contribution in [0.5, 0.6) is 0 Å². The second-order valence-corrected chi connectivity index (χ2v) is 3.00. The van der Waals surface area contributed by atoms with Gasteiger partial charge in [0, 0.05) is 13.1 Å². The highest BCUT2D eigenvalue weighted by molar-refractivity contribution is 4.71. The lowest BCUT2D eigenvalue weighted by atomic mass is 10.3. The smallest absolute Gasteiger partial charge is 0.00223 e. The number of hydrogen-bond donors (Lipinski definition) is 0. The van der Waals surface area contributed by atoms with E-state index in [9.17, 15) is 0 Å². The van der Waals surface area contributed by atoms with Gasteiger partial charge in [0.05, 0.1) is 0 Å². The Morgan fingerprint density at radius 1 is 0.909 bits per heavy atom. The Labute approximate surface area is 71.2 Å². The first-order valence-corrected chi connectivity index (χ1v) is 4.39. The molecule has 0 aliphatic carbocycles. The van der Waals surface area contributed by atoms with E-state index in [0.29, 0.717) is 0 Å². The summed E-state index contributed by atoms with van der Waals surface area (Å²) in [6.45, 7) is 8.81. The van der Waals surface area contributed by atoms with Crippen LogP contribution in [-0.2, 0) is 0 Å². The predicted molar refractivity (Wildman–Crippen MR) is 50.6 cm³/mol. The zero-order chi connectivity index (χ0) is 8.69. The van der Waals surface area contributed by atoms with Crippen molar-refractivity contribution < 1.29 is 0 Å². The van der Waals surface area contributed by atoms with Crippen molar-refractivity contribution >= 4 is 0 Å². The highest BCUT2D eigenvalue weighted by atomic mass is 15.1. The van der Waals surface area contributed by atoms with E-state index < -0.39 is 0 Å². The fraction of sp³-hybridized carbons (Fsp3) is 0.889. The van der Waals surface area contributed by atoms with Gasteiger partial charge in [0.15, 0.2) is 0 Å². The molecule has 0 saturated heterocycles. The van der Waals surface area contributed by atoms with Gasteiger partial charge in [-0.15, -0.1) is 0 Å². The summed E-state index contributed by atoms with van der Waals surface area (Å²) in [5.41, 5.74) is 0. The lowest BCUT2D eigenvalue weighted by molar-refractivity contribution is 0.337. The van der Waals surface area contributed by atoms with Crippen LogP contribution >= 0.6 is 0 Å². The van der Waals surface area contributed by atoms with Gasteiger partial charge in [-0.05, 0) is 33.6 Å². The Balaban J connectivity index is 3.13. The van der Waals surface area contributed by atoms with Gasteiger partial charge in [0.1, 0.15) is 0 Å². The van der Waals surface area contributed by atoms with E-state index in [2.05, 4.69) is 44.2 Å². The number of hydrogen-bond acceptors (Lipinski definition) is 2. The Hall–Kier alpha value is -0.0800. The van der Waals surface area contributed by atoms with Crippen LogP contribution in [0, 0.1) is 6.42 Å². The van der Waals surface area contributed by atoms with E-state index in [1.807, 2.05) is 0 Å². The van der Waals surface area contributed by atoms with Crippen molar-refractivity contribution in [3.05, 3.63) is 6.42 Å². The maximum atomic E-state index is 2.31. The molecule has 0 fully saturated rings. The predicted octanol–water partition coefficient (Wildman–Crippen LogP) is 1.09. The minimum Gasteiger partial charge on any atom is -0.306 e. The lowest BCUT2D eigenvalue weighted by Crippen LogP contribution is -2.25. The van der Waals surface area contributed by atoms with Gasteiger partial charge in [0.25, 0.3) is 0 Å². The Morgan fingerprint density at radius 3 is 1.55 bits per heavy atom. The molecule has 11 heavy (non-hydrogen) atoms. The van der Waals surface area contributed by atoms with Crippen molar-refractivity contribution in [3.8, 4) is 0 Å². The first-order chi connectivity index (χ1) is 5.20. The average Bonchev–Trinajstić information content (AvgIpc) is 2.04. The third-order valence-corrected chi connectivity index (χ3v) is 1.96. The monoisotopic (exact) mass is 157 g/mol. The van der Waals surface area contributed by atoms with Crippen LogP contribution in [0.3, 0.4) is 0 Å². The summed E-state index contributed by atoms with van der Waals surface area (Å²) in [4.78, 5) is 4.59. The molecule has 0 atom stereocenters. The topological polar surface area (TPSA) is 6.48 Å². The molecule has 0 aromatic carbocycles. The summed E-state index contributed by atoms with van der Waals surface area (Å²) in [5, 5.41) is 0. The molecule has 0 saturated carbocycles. The molecule has 2 heteroatoms. The normalized spacial score (nSPS) is 11.5. The summed E-state index contributed by atoms with van der Waals surface area (Å²) < 4.78 is 0. The summed E-state index contributed by atoms with van der Waals surface area (Å²) >= 11 is 0. The van der Waals surface area contributed by atoms with Gasteiger partial charge in [-0.3, -0.25) is 0 Å². The molecule has 0 amide bonds. The van der Waals surface area contributed by atoms with Crippen molar-refractivity contribution in [2.45, 2.75) is 13.8 Å². The Kier molecular flexibility index (Phi) is 6.57. The standard InChI is InChI=1S/C9H21N2/c1-5-10(3)8-7-9-11(4)6-2/h7H,5-6,8-9H2,1-4H3. The van der Waals surface area contributed by atoms with Crippen molar-refractivity contribution in [3.63, 3.8) is 0 Å². The molecule has 0 bridgehead atoms. The summed E-state index contributed by atoms with van der Waals surface area (Å²) in [7, 11) is 4.28. The van der Waals surface area contributed by atoms with Gasteiger partial charge in [0.2, 0.25) is 0 Å². The van der Waals surface area contributed by atoms with Crippen molar-refractivity contribution in [2.24, 2.45) is 0 Å². The summed E-state index contributed by atoms with van der Waals surface area (Å²) in [6, 6.07) is 0. The number of nitrogens with zero attached hydrogens (tertiary/aromatic N) is 2. The van der Waals surface area contributed by atoms with E-state index in [1.165, 1.54) is 0 Å². The minimum atomic E-state index is 1.10. The zero-order valence-corrected chi connectivity index (χ0v) is 8.30. The lowest BCUT2D eigenvalue weighted by Gasteiger charge is -2.17. The van der Waals surface area contributed by atoms with Gasteiger partial charge >= 0.3 is 0 Å². The molecule has 0 aliphatic heterocycles. The van der Waals surface area contributed by atoms with Crippen molar-refractivity contribution in [1.29, 1.82) is 0 Å². The minimum absolute atomic E-state index is 1.10. The van der Waals surface area contributed by atoms with E-state index in [4.69, 9.17) is 0 Å². The second kappa shape index (κ2) is 6.62. The molecule has 0 aromatic heterocycles. The largest absolute Gasteiger partial charge is 0.306 e. The first kappa shape index (κ1) is 10.9. The summed E-state index contributed by atoms with van der Waals surface area (Å²) in [5.74, 6) is 0. The third kappa shape index (κ3) is 6.32.